The van der Waals surface area contributed by atoms with Gasteiger partial charge in [0.1, 0.15) is 18.1 Å². The molecule has 0 spiro atoms. The van der Waals surface area contributed by atoms with Crippen molar-refractivity contribution < 1.29 is 14.3 Å². The number of fused-ring (bicyclic) bond motifs is 1. The van der Waals surface area contributed by atoms with E-state index in [9.17, 15) is 4.79 Å². The van der Waals surface area contributed by atoms with Crippen molar-refractivity contribution in [2.75, 3.05) is 53.0 Å². The average molecular weight is 541 g/mol. The van der Waals surface area contributed by atoms with E-state index >= 15 is 0 Å². The maximum Gasteiger partial charge on any atom is 0.253 e. The van der Waals surface area contributed by atoms with E-state index in [0.717, 1.165) is 80.2 Å². The number of piperazine rings is 1. The Hall–Kier alpha value is -3.81. The maximum absolute atomic E-state index is 13.3. The molecule has 210 valence electrons. The first-order valence-electron chi connectivity index (χ1n) is 14.2. The molecule has 0 unspecified atom stereocenters. The van der Waals surface area contributed by atoms with Crippen molar-refractivity contribution in [2.24, 2.45) is 0 Å². The molecule has 0 radical (unpaired) electrons. The van der Waals surface area contributed by atoms with Crippen LogP contribution in [0.15, 0.2) is 79.0 Å². The normalized spacial score (nSPS) is 14.3. The predicted octanol–water partition coefficient (Wildman–Crippen LogP) is 4.98. The second-order valence-electron chi connectivity index (χ2n) is 10.5. The zero-order chi connectivity index (χ0) is 27.7. The van der Waals surface area contributed by atoms with Crippen LogP contribution in [0.4, 0.5) is 0 Å². The molecule has 1 amide bonds. The van der Waals surface area contributed by atoms with E-state index < -0.39 is 0 Å². The highest BCUT2D eigenvalue weighted by molar-refractivity contribution is 6.08. The molecule has 2 heterocycles. The van der Waals surface area contributed by atoms with Crippen molar-refractivity contribution >= 4 is 16.8 Å². The quantitative estimate of drug-likeness (QED) is 0.275. The summed E-state index contributed by atoms with van der Waals surface area (Å²) in [4.78, 5) is 18.3. The summed E-state index contributed by atoms with van der Waals surface area (Å²) in [6.07, 6.45) is 2.99. The summed E-state index contributed by atoms with van der Waals surface area (Å²) in [5, 5.41) is 4.03. The summed E-state index contributed by atoms with van der Waals surface area (Å²) in [6.45, 7) is 10.3. The number of nitrogens with zero attached hydrogens (tertiary/aromatic N) is 3. The molecular weight excluding hydrogens is 500 g/mol. The highest BCUT2D eigenvalue weighted by Crippen LogP contribution is 2.30. The number of carbonyl (C=O) groups excluding carboxylic acids is 1. The third-order valence-corrected chi connectivity index (χ3v) is 7.62. The third kappa shape index (κ3) is 7.03. The summed E-state index contributed by atoms with van der Waals surface area (Å²) in [7, 11) is 1.69. The van der Waals surface area contributed by atoms with Gasteiger partial charge < -0.3 is 24.3 Å². The Labute approximate surface area is 237 Å². The number of aromatic nitrogens is 1. The van der Waals surface area contributed by atoms with Crippen LogP contribution in [0.25, 0.3) is 10.9 Å². The van der Waals surface area contributed by atoms with Gasteiger partial charge in [-0.25, -0.2) is 0 Å². The Morgan fingerprint density at radius 1 is 0.875 bits per heavy atom. The molecule has 3 aromatic carbocycles. The van der Waals surface area contributed by atoms with Crippen LogP contribution in [0, 0.1) is 6.92 Å². The van der Waals surface area contributed by atoms with E-state index in [2.05, 4.69) is 38.7 Å². The Morgan fingerprint density at radius 3 is 2.38 bits per heavy atom. The summed E-state index contributed by atoms with van der Waals surface area (Å²) in [5.74, 6) is 1.66. The molecule has 4 aromatic rings. The number of aryl methyl sites for hydroxylation is 2. The lowest BCUT2D eigenvalue weighted by molar-refractivity contribution is 0.0952. The second-order valence-corrected chi connectivity index (χ2v) is 10.5. The lowest BCUT2D eigenvalue weighted by Gasteiger charge is -2.34. The van der Waals surface area contributed by atoms with Crippen molar-refractivity contribution in [1.29, 1.82) is 0 Å². The summed E-state index contributed by atoms with van der Waals surface area (Å²) in [6, 6.07) is 24.2. The van der Waals surface area contributed by atoms with Crippen LogP contribution in [-0.4, -0.2) is 73.3 Å². The van der Waals surface area contributed by atoms with Gasteiger partial charge in [0.2, 0.25) is 0 Å². The Kier molecular flexibility index (Phi) is 9.37. The molecule has 0 saturated carbocycles. The monoisotopic (exact) mass is 540 g/mol. The fraction of sp³-hybridized carbons (Fsp3) is 0.364. The van der Waals surface area contributed by atoms with Crippen LogP contribution in [0.5, 0.6) is 11.5 Å². The van der Waals surface area contributed by atoms with Gasteiger partial charge in [0.25, 0.3) is 5.91 Å². The van der Waals surface area contributed by atoms with Gasteiger partial charge in [-0.1, -0.05) is 60.2 Å². The molecule has 7 nitrogen and oxygen atoms in total. The van der Waals surface area contributed by atoms with E-state index in [4.69, 9.17) is 9.47 Å². The number of hydrogen-bond acceptors (Lipinski definition) is 5. The van der Waals surface area contributed by atoms with Gasteiger partial charge in [0.15, 0.2) is 0 Å². The number of benzene rings is 3. The molecule has 1 aromatic heterocycles. The number of rotatable bonds is 12. The van der Waals surface area contributed by atoms with Gasteiger partial charge in [-0.2, -0.15) is 0 Å². The van der Waals surface area contributed by atoms with Gasteiger partial charge >= 0.3 is 0 Å². The minimum absolute atomic E-state index is 0.0640. The van der Waals surface area contributed by atoms with E-state index in [0.29, 0.717) is 18.7 Å². The maximum atomic E-state index is 13.3. The molecule has 0 bridgehead atoms. The predicted molar refractivity (Wildman–Crippen MR) is 160 cm³/mol. The fourth-order valence-electron chi connectivity index (χ4n) is 5.46. The molecule has 1 N–H and O–H groups in total. The minimum atomic E-state index is -0.0640. The number of amides is 1. The van der Waals surface area contributed by atoms with Gasteiger partial charge in [0, 0.05) is 57.4 Å². The molecule has 0 atom stereocenters. The fourth-order valence-corrected chi connectivity index (χ4v) is 5.46. The van der Waals surface area contributed by atoms with Gasteiger partial charge in [-0.15, -0.1) is 0 Å². The molecule has 1 aliphatic rings. The largest absolute Gasteiger partial charge is 0.495 e. The molecule has 1 saturated heterocycles. The number of methoxy groups -OCH3 is 1. The molecule has 5 rings (SSSR count). The SMILES string of the molecule is COc1cccc2c(C(=O)NCc3cccc(C)c3)cn(CCCN3CCN(CCOc4ccccc4)CC3)c12. The Morgan fingerprint density at radius 2 is 1.62 bits per heavy atom. The number of ether oxygens (including phenoxy) is 2. The van der Waals surface area contributed by atoms with Crippen molar-refractivity contribution in [1.82, 2.24) is 19.7 Å². The van der Waals surface area contributed by atoms with Crippen LogP contribution < -0.4 is 14.8 Å². The summed E-state index contributed by atoms with van der Waals surface area (Å²) in [5.41, 5.74) is 3.95. The summed E-state index contributed by atoms with van der Waals surface area (Å²) < 4.78 is 13.7. The standard InChI is InChI=1S/C33H40N4O3/c1-26-9-6-10-27(23-26)24-34-33(38)30-25-37(32-29(30)13-7-14-31(32)39-2)16-8-15-35-17-19-36(20-18-35)21-22-40-28-11-4-3-5-12-28/h3-7,9-14,23,25H,8,15-22,24H2,1-2H3,(H,34,38). The molecule has 1 fully saturated rings. The minimum Gasteiger partial charge on any atom is -0.495 e. The topological polar surface area (TPSA) is 59.0 Å². The van der Waals surface area contributed by atoms with Crippen LogP contribution in [0.2, 0.25) is 0 Å². The first-order valence-corrected chi connectivity index (χ1v) is 14.2. The lowest BCUT2D eigenvalue weighted by Crippen LogP contribution is -2.47. The average Bonchev–Trinajstić information content (AvgIpc) is 3.36. The number of carbonyl (C=O) groups is 1. The molecule has 0 aliphatic carbocycles. The van der Waals surface area contributed by atoms with E-state index in [1.165, 1.54) is 5.56 Å². The lowest BCUT2D eigenvalue weighted by atomic mass is 10.1. The Bertz CT molecular complexity index is 1390. The zero-order valence-electron chi connectivity index (χ0n) is 23.6. The van der Waals surface area contributed by atoms with Crippen LogP contribution in [0.1, 0.15) is 27.9 Å². The highest BCUT2D eigenvalue weighted by Gasteiger charge is 2.19. The number of nitrogens with one attached hydrogen (secondary N) is 1. The van der Waals surface area contributed by atoms with Gasteiger partial charge in [0.05, 0.1) is 18.2 Å². The molecular formula is C33H40N4O3. The molecule has 7 heteroatoms. The van der Waals surface area contributed by atoms with Gasteiger partial charge in [-0.05, 0) is 43.7 Å². The second kappa shape index (κ2) is 13.5. The number of hydrogen-bond donors (Lipinski definition) is 1. The van der Waals surface area contributed by atoms with Crippen LogP contribution in [0.3, 0.4) is 0 Å². The van der Waals surface area contributed by atoms with Crippen molar-refractivity contribution in [3.63, 3.8) is 0 Å². The van der Waals surface area contributed by atoms with Crippen molar-refractivity contribution in [3.8, 4) is 11.5 Å². The van der Waals surface area contributed by atoms with Crippen LogP contribution in [-0.2, 0) is 13.1 Å². The molecule has 40 heavy (non-hydrogen) atoms. The van der Waals surface area contributed by atoms with E-state index in [1.807, 2.05) is 66.9 Å². The van der Waals surface area contributed by atoms with Gasteiger partial charge in [-0.3, -0.25) is 9.69 Å². The van der Waals surface area contributed by atoms with Crippen molar-refractivity contribution in [2.45, 2.75) is 26.4 Å². The third-order valence-electron chi connectivity index (χ3n) is 7.62. The smallest absolute Gasteiger partial charge is 0.253 e. The number of para-hydroxylation sites is 2. The summed E-state index contributed by atoms with van der Waals surface area (Å²) >= 11 is 0. The molecule has 1 aliphatic heterocycles. The van der Waals surface area contributed by atoms with Crippen LogP contribution >= 0.6 is 0 Å². The Balaban J connectivity index is 1.14. The van der Waals surface area contributed by atoms with E-state index in [1.54, 1.807) is 7.11 Å². The highest BCUT2D eigenvalue weighted by atomic mass is 16.5. The first-order chi connectivity index (χ1) is 19.6. The van der Waals surface area contributed by atoms with Crippen molar-refractivity contribution in [3.05, 3.63) is 95.7 Å². The van der Waals surface area contributed by atoms with E-state index in [-0.39, 0.29) is 5.91 Å². The zero-order valence-corrected chi connectivity index (χ0v) is 23.6. The first kappa shape index (κ1) is 27.7.